The average molecular weight is 622 g/mol. The van der Waals surface area contributed by atoms with E-state index in [4.69, 9.17) is 0 Å². The van der Waals surface area contributed by atoms with Crippen molar-refractivity contribution in [3.05, 3.63) is 68.9 Å². The molecule has 2 aromatic carbocycles. The van der Waals surface area contributed by atoms with Crippen molar-refractivity contribution in [3.8, 4) is 5.69 Å². The van der Waals surface area contributed by atoms with Gasteiger partial charge < -0.3 is 15.1 Å². The number of anilines is 1. The van der Waals surface area contributed by atoms with Crippen molar-refractivity contribution in [2.24, 2.45) is 5.41 Å². The Morgan fingerprint density at radius 3 is 2.59 bits per heavy atom. The standard InChI is InChI=1S/C32H41BrN6O2/c1-21-10-11-26(28(16-21)39-19-25(35-36-39)8-6-13-37-15-12-32(4,5)20-37)30(40)34-27-9-7-14-38(31(27)41)29-22(2)17-24(33)18-23(29)3/h10-11,16-19,27H,6-9,12-15,20H2,1-5H3,(H,34,40). The lowest BCUT2D eigenvalue weighted by Crippen LogP contribution is -2.53. The molecule has 0 aliphatic carbocycles. The quantitative estimate of drug-likeness (QED) is 0.357. The van der Waals surface area contributed by atoms with Crippen LogP contribution in [-0.4, -0.2) is 63.9 Å². The van der Waals surface area contributed by atoms with Gasteiger partial charge in [-0.3, -0.25) is 9.59 Å². The fourth-order valence-corrected chi connectivity index (χ4v) is 6.94. The molecule has 5 rings (SSSR count). The van der Waals surface area contributed by atoms with Gasteiger partial charge in [0.05, 0.1) is 23.1 Å². The number of benzene rings is 2. The Morgan fingerprint density at radius 2 is 1.88 bits per heavy atom. The number of likely N-dealkylation sites (tertiary alicyclic amines) is 1. The Balaban J connectivity index is 1.28. The lowest BCUT2D eigenvalue weighted by Gasteiger charge is -2.34. The van der Waals surface area contributed by atoms with Gasteiger partial charge in [-0.05, 0) is 112 Å². The summed E-state index contributed by atoms with van der Waals surface area (Å²) >= 11 is 3.55. The van der Waals surface area contributed by atoms with E-state index in [9.17, 15) is 9.59 Å². The second-order valence-corrected chi connectivity index (χ2v) is 13.4. The van der Waals surface area contributed by atoms with E-state index >= 15 is 0 Å². The van der Waals surface area contributed by atoms with Crippen LogP contribution in [0.25, 0.3) is 5.69 Å². The summed E-state index contributed by atoms with van der Waals surface area (Å²) < 4.78 is 2.68. The predicted octanol–water partition coefficient (Wildman–Crippen LogP) is 5.54. The van der Waals surface area contributed by atoms with Crippen molar-refractivity contribution in [2.45, 2.75) is 72.8 Å². The Labute approximate surface area is 251 Å². The van der Waals surface area contributed by atoms with Crippen molar-refractivity contribution < 1.29 is 9.59 Å². The third kappa shape index (κ3) is 6.72. The van der Waals surface area contributed by atoms with E-state index in [0.29, 0.717) is 29.6 Å². The largest absolute Gasteiger partial charge is 0.340 e. The van der Waals surface area contributed by atoms with Crippen LogP contribution in [0.5, 0.6) is 0 Å². The van der Waals surface area contributed by atoms with E-state index in [-0.39, 0.29) is 11.8 Å². The van der Waals surface area contributed by atoms with Crippen molar-refractivity contribution >= 4 is 33.4 Å². The SMILES string of the molecule is Cc1ccc(C(=O)NC2CCCN(c3c(C)cc(Br)cc3C)C2=O)c(-n2cc(CCCN3CCC(C)(C)C3)nn2)c1. The number of rotatable bonds is 8. The number of nitrogens with zero attached hydrogens (tertiary/aromatic N) is 5. The normalized spacial score (nSPS) is 19.1. The van der Waals surface area contributed by atoms with E-state index in [1.54, 1.807) is 4.68 Å². The summed E-state index contributed by atoms with van der Waals surface area (Å²) in [6.45, 7) is 14.7. The number of halogens is 1. The Morgan fingerprint density at radius 1 is 1.12 bits per heavy atom. The molecule has 0 radical (unpaired) electrons. The number of aromatic nitrogens is 3. The van der Waals surface area contributed by atoms with E-state index in [2.05, 4.69) is 50.3 Å². The molecule has 0 saturated carbocycles. The van der Waals surface area contributed by atoms with E-state index in [1.165, 1.54) is 6.42 Å². The first kappa shape index (κ1) is 29.5. The zero-order valence-corrected chi connectivity index (χ0v) is 26.4. The number of hydrogen-bond acceptors (Lipinski definition) is 5. The van der Waals surface area contributed by atoms with Gasteiger partial charge in [-0.2, -0.15) is 0 Å². The molecule has 0 bridgehead atoms. The van der Waals surface area contributed by atoms with E-state index in [1.807, 2.05) is 62.2 Å². The molecule has 2 aliphatic heterocycles. The van der Waals surface area contributed by atoms with Crippen LogP contribution >= 0.6 is 15.9 Å². The minimum absolute atomic E-state index is 0.0729. The summed E-state index contributed by atoms with van der Waals surface area (Å²) in [5.41, 5.74) is 6.48. The number of nitrogens with one attached hydrogen (secondary N) is 1. The second kappa shape index (κ2) is 12.1. The van der Waals surface area contributed by atoms with E-state index < -0.39 is 6.04 Å². The molecule has 1 unspecified atom stereocenters. The van der Waals surface area contributed by atoms with Crippen molar-refractivity contribution in [3.63, 3.8) is 0 Å². The summed E-state index contributed by atoms with van der Waals surface area (Å²) in [5.74, 6) is -0.352. The maximum atomic E-state index is 13.6. The summed E-state index contributed by atoms with van der Waals surface area (Å²) in [4.78, 5) is 31.6. The van der Waals surface area contributed by atoms with Crippen LogP contribution < -0.4 is 10.2 Å². The van der Waals surface area contributed by atoms with Gasteiger partial charge in [-0.15, -0.1) is 5.10 Å². The van der Waals surface area contributed by atoms with Crippen LogP contribution in [0.2, 0.25) is 0 Å². The molecule has 2 saturated heterocycles. The number of carbonyl (C=O) groups is 2. The van der Waals surface area contributed by atoms with E-state index in [0.717, 1.165) is 71.4 Å². The molecule has 2 amide bonds. The third-order valence-corrected chi connectivity index (χ3v) is 8.78. The molecule has 3 heterocycles. The highest BCUT2D eigenvalue weighted by Crippen LogP contribution is 2.32. The van der Waals surface area contributed by atoms with Crippen LogP contribution in [0, 0.1) is 26.2 Å². The first-order valence-corrected chi connectivity index (χ1v) is 15.4. The molecule has 1 aromatic heterocycles. The number of hydrogen-bond donors (Lipinski definition) is 1. The zero-order valence-electron chi connectivity index (χ0n) is 24.8. The summed E-state index contributed by atoms with van der Waals surface area (Å²) in [7, 11) is 0. The molecular weight excluding hydrogens is 580 g/mol. The van der Waals surface area contributed by atoms with Gasteiger partial charge in [0, 0.05) is 23.2 Å². The summed E-state index contributed by atoms with van der Waals surface area (Å²) in [6.07, 6.45) is 6.45. The summed E-state index contributed by atoms with van der Waals surface area (Å²) in [6, 6.07) is 9.13. The highest BCUT2D eigenvalue weighted by Gasteiger charge is 2.33. The number of piperidine rings is 1. The number of carbonyl (C=O) groups excluding carboxylic acids is 2. The highest BCUT2D eigenvalue weighted by molar-refractivity contribution is 9.10. The summed E-state index contributed by atoms with van der Waals surface area (Å²) in [5, 5.41) is 11.8. The van der Waals surface area contributed by atoms with Gasteiger partial charge in [0.15, 0.2) is 0 Å². The smallest absolute Gasteiger partial charge is 0.254 e. The monoisotopic (exact) mass is 620 g/mol. The lowest BCUT2D eigenvalue weighted by atomic mass is 9.93. The third-order valence-electron chi connectivity index (χ3n) is 8.32. The Kier molecular flexibility index (Phi) is 8.66. The molecular formula is C32H41BrN6O2. The van der Waals surface area contributed by atoms with Gasteiger partial charge in [0.2, 0.25) is 5.91 Å². The fraction of sp³-hybridized carbons (Fsp3) is 0.500. The van der Waals surface area contributed by atoms with Gasteiger partial charge in [-0.1, -0.05) is 41.1 Å². The topological polar surface area (TPSA) is 83.4 Å². The molecule has 0 spiro atoms. The molecule has 1 atom stereocenters. The minimum Gasteiger partial charge on any atom is -0.340 e. The molecule has 218 valence electrons. The Bertz CT molecular complexity index is 1420. The molecule has 2 aliphatic rings. The minimum atomic E-state index is -0.588. The van der Waals surface area contributed by atoms with Crippen LogP contribution in [-0.2, 0) is 11.2 Å². The van der Waals surface area contributed by atoms with Crippen molar-refractivity contribution in [2.75, 3.05) is 31.1 Å². The van der Waals surface area contributed by atoms with Crippen LogP contribution in [0.4, 0.5) is 5.69 Å². The second-order valence-electron chi connectivity index (χ2n) is 12.5. The first-order valence-electron chi connectivity index (χ1n) is 14.6. The average Bonchev–Trinajstić information content (AvgIpc) is 3.51. The maximum absolute atomic E-state index is 13.6. The van der Waals surface area contributed by atoms with Gasteiger partial charge >= 0.3 is 0 Å². The van der Waals surface area contributed by atoms with Gasteiger partial charge in [0.25, 0.3) is 5.91 Å². The Hall–Kier alpha value is -3.04. The molecule has 3 aromatic rings. The van der Waals surface area contributed by atoms with Crippen molar-refractivity contribution in [1.82, 2.24) is 25.2 Å². The fourth-order valence-electron chi connectivity index (χ4n) is 6.25. The van der Waals surface area contributed by atoms with Crippen LogP contribution in [0.15, 0.2) is 41.0 Å². The molecule has 9 heteroatoms. The molecule has 1 N–H and O–H groups in total. The number of aryl methyl sites for hydroxylation is 4. The highest BCUT2D eigenvalue weighted by atomic mass is 79.9. The maximum Gasteiger partial charge on any atom is 0.254 e. The van der Waals surface area contributed by atoms with Crippen LogP contribution in [0.1, 0.15) is 72.3 Å². The molecule has 2 fully saturated rings. The predicted molar refractivity (Wildman–Crippen MR) is 166 cm³/mol. The molecule has 8 nitrogen and oxygen atoms in total. The van der Waals surface area contributed by atoms with Gasteiger partial charge in [0.1, 0.15) is 6.04 Å². The van der Waals surface area contributed by atoms with Crippen LogP contribution in [0.3, 0.4) is 0 Å². The molecule has 41 heavy (non-hydrogen) atoms. The lowest BCUT2D eigenvalue weighted by molar-refractivity contribution is -0.121. The first-order chi connectivity index (χ1) is 19.5. The van der Waals surface area contributed by atoms with Crippen molar-refractivity contribution in [1.29, 1.82) is 0 Å². The number of amides is 2. The van der Waals surface area contributed by atoms with Gasteiger partial charge in [-0.25, -0.2) is 4.68 Å². The zero-order chi connectivity index (χ0) is 29.3.